The maximum atomic E-state index is 12.4. The third-order valence-electron chi connectivity index (χ3n) is 4.76. The first kappa shape index (κ1) is 20.6. The Kier molecular flexibility index (Phi) is 7.07. The van der Waals surface area contributed by atoms with Crippen LogP contribution in [-0.2, 0) is 11.2 Å². The molecule has 1 atom stereocenters. The second-order valence-electron chi connectivity index (χ2n) is 7.08. The summed E-state index contributed by atoms with van der Waals surface area (Å²) in [4.78, 5) is 23.2. The molecule has 0 bridgehead atoms. The third-order valence-corrected chi connectivity index (χ3v) is 4.76. The minimum Gasteiger partial charge on any atom is -0.332 e. The van der Waals surface area contributed by atoms with E-state index in [0.29, 0.717) is 11.5 Å². The maximum Gasteiger partial charge on any atom is 0.293 e. The number of carbonyl (C=O) groups is 1. The smallest absolute Gasteiger partial charge is 0.293 e. The zero-order valence-corrected chi connectivity index (χ0v) is 16.4. The monoisotopic (exact) mass is 370 g/mol. The van der Waals surface area contributed by atoms with Gasteiger partial charge in [-0.2, -0.15) is 0 Å². The van der Waals surface area contributed by atoms with Crippen molar-refractivity contribution in [3.63, 3.8) is 0 Å². The van der Waals surface area contributed by atoms with Crippen LogP contribution in [-0.4, -0.2) is 17.4 Å². The van der Waals surface area contributed by atoms with Crippen LogP contribution in [0.3, 0.4) is 0 Å². The van der Waals surface area contributed by atoms with Gasteiger partial charge in [0.05, 0.1) is 4.92 Å². The molecule has 3 N–H and O–H groups in total. The van der Waals surface area contributed by atoms with Gasteiger partial charge in [0, 0.05) is 17.5 Å². The molecule has 2 aromatic rings. The molecule has 6 nitrogen and oxygen atoms in total. The van der Waals surface area contributed by atoms with Crippen molar-refractivity contribution in [2.45, 2.75) is 40.2 Å². The summed E-state index contributed by atoms with van der Waals surface area (Å²) in [6.45, 7) is 8.32. The van der Waals surface area contributed by atoms with Gasteiger partial charge >= 0.3 is 0 Å². The number of nitro groups is 1. The van der Waals surface area contributed by atoms with Gasteiger partial charge in [0.1, 0.15) is 11.7 Å². The van der Waals surface area contributed by atoms with Gasteiger partial charge in [-0.05, 0) is 24.5 Å². The molecule has 144 valence electrons. The van der Waals surface area contributed by atoms with E-state index < -0.39 is 4.92 Å². The summed E-state index contributed by atoms with van der Waals surface area (Å²) in [6, 6.07) is 13.4. The van der Waals surface area contributed by atoms with E-state index in [1.165, 1.54) is 17.2 Å². The highest BCUT2D eigenvalue weighted by Gasteiger charge is 2.22. The Hall–Kier alpha value is -2.73. The molecule has 6 heteroatoms. The quantitative estimate of drug-likeness (QED) is 0.551. The summed E-state index contributed by atoms with van der Waals surface area (Å²) in [6.07, 6.45) is 0.994. The zero-order valence-electron chi connectivity index (χ0n) is 16.4. The van der Waals surface area contributed by atoms with Gasteiger partial charge in [0.25, 0.3) is 11.6 Å². The predicted octanol–water partition coefficient (Wildman–Crippen LogP) is 3.36. The molecule has 0 aromatic heterocycles. The fraction of sp³-hybridized carbons (Fsp3) is 0.381. The summed E-state index contributed by atoms with van der Waals surface area (Å²) in [7, 11) is 0. The lowest BCUT2D eigenvalue weighted by molar-refractivity contribution is -0.692. The Bertz CT molecular complexity index is 801. The lowest BCUT2D eigenvalue weighted by Gasteiger charge is -2.20. The summed E-state index contributed by atoms with van der Waals surface area (Å²) < 4.78 is 0. The molecule has 1 amide bonds. The summed E-state index contributed by atoms with van der Waals surface area (Å²) >= 11 is 0. The van der Waals surface area contributed by atoms with Gasteiger partial charge < -0.3 is 10.6 Å². The summed E-state index contributed by atoms with van der Waals surface area (Å²) in [5.41, 5.74) is 3.32. The average Bonchev–Trinajstić information content (AvgIpc) is 2.63. The number of para-hydroxylation sites is 1. The number of nitrogens with zero attached hydrogens (tertiary/aromatic N) is 1. The van der Waals surface area contributed by atoms with Crippen LogP contribution >= 0.6 is 0 Å². The number of nitrogens with one attached hydrogen (secondary N) is 1. The third kappa shape index (κ3) is 5.37. The first-order chi connectivity index (χ1) is 12.8. The highest BCUT2D eigenvalue weighted by atomic mass is 16.6. The van der Waals surface area contributed by atoms with Crippen molar-refractivity contribution in [1.82, 2.24) is 0 Å². The van der Waals surface area contributed by atoms with E-state index in [9.17, 15) is 14.9 Å². The van der Waals surface area contributed by atoms with Crippen LogP contribution < -0.4 is 10.6 Å². The molecule has 2 aromatic carbocycles. The Morgan fingerprint density at radius 2 is 1.85 bits per heavy atom. The van der Waals surface area contributed by atoms with E-state index in [2.05, 4.69) is 50.4 Å². The maximum absolute atomic E-state index is 12.4. The van der Waals surface area contributed by atoms with E-state index in [1.54, 1.807) is 19.1 Å². The van der Waals surface area contributed by atoms with Gasteiger partial charge in [-0.15, -0.1) is 0 Å². The van der Waals surface area contributed by atoms with Gasteiger partial charge in [0.15, 0.2) is 6.54 Å². The normalized spacial score (nSPS) is 12.0. The van der Waals surface area contributed by atoms with Crippen molar-refractivity contribution < 1.29 is 15.0 Å². The SMILES string of the molecule is CCc1ccc([C@@H]([NH2+]CC(=O)Nc2c(C)cccc2[N+](=O)[O-])C(C)C)cc1. The number of quaternary nitrogens is 1. The molecule has 0 aliphatic heterocycles. The minimum atomic E-state index is -0.474. The molecule has 0 spiro atoms. The van der Waals surface area contributed by atoms with Crippen LogP contribution in [0.1, 0.15) is 43.5 Å². The average molecular weight is 370 g/mol. The molecule has 0 heterocycles. The number of nitro benzene ring substituents is 1. The molecule has 27 heavy (non-hydrogen) atoms. The minimum absolute atomic E-state index is 0.0843. The van der Waals surface area contributed by atoms with Crippen LogP contribution in [0.15, 0.2) is 42.5 Å². The molecule has 0 aliphatic rings. The van der Waals surface area contributed by atoms with Crippen molar-refractivity contribution in [2.75, 3.05) is 11.9 Å². The first-order valence-electron chi connectivity index (χ1n) is 9.29. The van der Waals surface area contributed by atoms with Crippen LogP contribution in [0.2, 0.25) is 0 Å². The zero-order chi connectivity index (χ0) is 20.0. The molecular weight excluding hydrogens is 342 g/mol. The summed E-state index contributed by atoms with van der Waals surface area (Å²) in [5.74, 6) is 0.0984. The molecule has 0 radical (unpaired) electrons. The second kappa shape index (κ2) is 9.28. The number of rotatable bonds is 8. The van der Waals surface area contributed by atoms with Crippen molar-refractivity contribution in [3.8, 4) is 0 Å². The second-order valence-corrected chi connectivity index (χ2v) is 7.08. The molecule has 0 saturated carbocycles. The van der Waals surface area contributed by atoms with E-state index in [4.69, 9.17) is 0 Å². The topological polar surface area (TPSA) is 88.8 Å². The number of hydrogen-bond donors (Lipinski definition) is 2. The van der Waals surface area contributed by atoms with Crippen molar-refractivity contribution in [3.05, 3.63) is 69.3 Å². The van der Waals surface area contributed by atoms with Gasteiger partial charge in [0.2, 0.25) is 0 Å². The van der Waals surface area contributed by atoms with Gasteiger partial charge in [-0.25, -0.2) is 0 Å². The van der Waals surface area contributed by atoms with Crippen LogP contribution in [0, 0.1) is 23.0 Å². The molecule has 0 fully saturated rings. The lowest BCUT2D eigenvalue weighted by Crippen LogP contribution is -2.88. The Labute approximate surface area is 160 Å². The first-order valence-corrected chi connectivity index (χ1v) is 9.29. The Morgan fingerprint density at radius 3 is 2.41 bits per heavy atom. The number of benzene rings is 2. The van der Waals surface area contributed by atoms with E-state index in [-0.39, 0.29) is 29.9 Å². The Balaban J connectivity index is 2.07. The van der Waals surface area contributed by atoms with Crippen LogP contribution in [0.5, 0.6) is 0 Å². The molecule has 0 unspecified atom stereocenters. The summed E-state index contributed by atoms with van der Waals surface area (Å²) in [5, 5.41) is 15.9. The molecule has 0 aliphatic carbocycles. The number of hydrogen-bond acceptors (Lipinski definition) is 3. The number of anilines is 1. The molecule has 0 saturated heterocycles. The lowest BCUT2D eigenvalue weighted by atomic mass is 9.95. The number of nitrogens with two attached hydrogens (primary N) is 1. The fourth-order valence-electron chi connectivity index (χ4n) is 3.16. The largest absolute Gasteiger partial charge is 0.332 e. The van der Waals surface area contributed by atoms with Crippen molar-refractivity contribution in [2.24, 2.45) is 5.92 Å². The highest BCUT2D eigenvalue weighted by Crippen LogP contribution is 2.27. The standard InChI is InChI=1S/C21H27N3O3/c1-5-16-9-11-17(12-10-16)20(14(2)3)22-13-19(25)23-21-15(4)7-6-8-18(21)24(26)27/h6-12,14,20,22H,5,13H2,1-4H3,(H,23,25)/p+1/t20-/m0/s1. The predicted molar refractivity (Wildman–Crippen MR) is 107 cm³/mol. The van der Waals surface area contributed by atoms with Gasteiger partial charge in [-0.3, -0.25) is 14.9 Å². The number of carbonyl (C=O) groups excluding carboxylic acids is 1. The highest BCUT2D eigenvalue weighted by molar-refractivity contribution is 5.94. The number of amides is 1. The Morgan fingerprint density at radius 1 is 1.19 bits per heavy atom. The van der Waals surface area contributed by atoms with Crippen LogP contribution in [0.25, 0.3) is 0 Å². The van der Waals surface area contributed by atoms with Crippen molar-refractivity contribution >= 4 is 17.3 Å². The van der Waals surface area contributed by atoms with Crippen molar-refractivity contribution in [1.29, 1.82) is 0 Å². The fourth-order valence-corrected chi connectivity index (χ4v) is 3.16. The van der Waals surface area contributed by atoms with Gasteiger partial charge in [-0.1, -0.05) is 57.2 Å². The number of aryl methyl sites for hydroxylation is 2. The molecule has 2 rings (SSSR count). The molecular formula is C21H28N3O3+. The van der Waals surface area contributed by atoms with E-state index in [1.807, 2.05) is 5.32 Å². The van der Waals surface area contributed by atoms with E-state index >= 15 is 0 Å². The van der Waals surface area contributed by atoms with Crippen LogP contribution in [0.4, 0.5) is 11.4 Å². The van der Waals surface area contributed by atoms with E-state index in [0.717, 1.165) is 6.42 Å².